The van der Waals surface area contributed by atoms with Crippen LogP contribution in [0.5, 0.6) is 0 Å². The number of benzene rings is 1. The molecule has 112 valence electrons. The van der Waals surface area contributed by atoms with Crippen LogP contribution in [0.4, 0.5) is 0 Å². The molecule has 0 amide bonds. The molecule has 0 radical (unpaired) electrons. The lowest BCUT2D eigenvalue weighted by atomic mass is 9.98. The third-order valence-electron chi connectivity index (χ3n) is 3.84. The second-order valence-electron chi connectivity index (χ2n) is 5.51. The molecule has 1 heterocycles. The summed E-state index contributed by atoms with van der Waals surface area (Å²) in [5, 5.41) is 0. The summed E-state index contributed by atoms with van der Waals surface area (Å²) in [6.07, 6.45) is 2.10. The van der Waals surface area contributed by atoms with Crippen molar-refractivity contribution in [1.29, 1.82) is 0 Å². The van der Waals surface area contributed by atoms with Crippen LogP contribution in [0.1, 0.15) is 18.4 Å². The van der Waals surface area contributed by atoms with E-state index in [-0.39, 0.29) is 0 Å². The molecule has 0 aromatic heterocycles. The third-order valence-corrected chi connectivity index (χ3v) is 5.90. The van der Waals surface area contributed by atoms with Crippen LogP contribution in [0, 0.1) is 12.8 Å². The van der Waals surface area contributed by atoms with Gasteiger partial charge < -0.3 is 4.90 Å². The van der Waals surface area contributed by atoms with E-state index >= 15 is 0 Å². The van der Waals surface area contributed by atoms with Crippen molar-refractivity contribution in [3.8, 4) is 0 Å². The van der Waals surface area contributed by atoms with Gasteiger partial charge in [-0.05, 0) is 63.5 Å². The summed E-state index contributed by atoms with van der Waals surface area (Å²) in [5.74, 6) is 0.438. The maximum atomic E-state index is 12.4. The lowest BCUT2D eigenvalue weighted by Gasteiger charge is -2.28. The molecule has 0 atom stereocenters. The number of likely N-dealkylation sites (tertiary alicyclic amines) is 1. The number of nitrogens with zero attached hydrogens (tertiary/aromatic N) is 1. The Morgan fingerprint density at radius 1 is 1.35 bits per heavy atom. The minimum atomic E-state index is -3.42. The second kappa shape index (κ2) is 6.56. The van der Waals surface area contributed by atoms with Gasteiger partial charge in [-0.25, -0.2) is 13.1 Å². The number of sulfonamides is 1. The number of aryl methyl sites for hydroxylation is 1. The summed E-state index contributed by atoms with van der Waals surface area (Å²) in [4.78, 5) is 2.64. The summed E-state index contributed by atoms with van der Waals surface area (Å²) >= 11 is 3.33. The Labute approximate surface area is 129 Å². The minimum Gasteiger partial charge on any atom is -0.306 e. The Morgan fingerprint density at radius 2 is 2.00 bits per heavy atom. The van der Waals surface area contributed by atoms with Crippen molar-refractivity contribution in [2.45, 2.75) is 24.7 Å². The Kier molecular flexibility index (Phi) is 5.23. The van der Waals surface area contributed by atoms with E-state index in [0.717, 1.165) is 36.0 Å². The van der Waals surface area contributed by atoms with E-state index in [1.807, 2.05) is 19.1 Å². The smallest absolute Gasteiger partial charge is 0.240 e. The molecular formula is C14H21BrN2O2S. The van der Waals surface area contributed by atoms with E-state index in [0.29, 0.717) is 17.4 Å². The summed E-state index contributed by atoms with van der Waals surface area (Å²) < 4.78 is 28.3. The second-order valence-corrected chi connectivity index (χ2v) is 8.16. The normalized spacial score (nSPS) is 18.4. The lowest BCUT2D eigenvalue weighted by Crippen LogP contribution is -2.37. The maximum Gasteiger partial charge on any atom is 0.240 e. The molecule has 1 N–H and O–H groups in total. The average Bonchev–Trinajstić information content (AvgIpc) is 2.41. The molecule has 1 fully saturated rings. The Bertz CT molecular complexity index is 567. The van der Waals surface area contributed by atoms with Crippen LogP contribution in [0.3, 0.4) is 0 Å². The van der Waals surface area contributed by atoms with E-state index in [2.05, 4.69) is 32.6 Å². The van der Waals surface area contributed by atoms with Crippen molar-refractivity contribution in [3.05, 3.63) is 28.2 Å². The molecule has 0 spiro atoms. The first-order valence-corrected chi connectivity index (χ1v) is 9.10. The van der Waals surface area contributed by atoms with Gasteiger partial charge in [0.25, 0.3) is 0 Å². The zero-order valence-corrected chi connectivity index (χ0v) is 14.3. The SMILES string of the molecule is Cc1ccc(Br)cc1S(=O)(=O)NCC1CCN(C)CC1. The number of piperidine rings is 1. The van der Waals surface area contributed by atoms with Crippen molar-refractivity contribution in [3.63, 3.8) is 0 Å². The molecule has 0 saturated carbocycles. The van der Waals surface area contributed by atoms with Crippen molar-refractivity contribution >= 4 is 26.0 Å². The first-order valence-electron chi connectivity index (χ1n) is 6.83. The van der Waals surface area contributed by atoms with Gasteiger partial charge in [0, 0.05) is 11.0 Å². The molecule has 1 aliphatic rings. The maximum absolute atomic E-state index is 12.4. The largest absolute Gasteiger partial charge is 0.306 e. The van der Waals surface area contributed by atoms with Gasteiger partial charge in [-0.15, -0.1) is 0 Å². The molecule has 1 aromatic rings. The predicted octanol–water partition coefficient (Wildman–Crippen LogP) is 2.38. The van der Waals surface area contributed by atoms with Gasteiger partial charge in [-0.1, -0.05) is 22.0 Å². The Hall–Kier alpha value is -0.430. The minimum absolute atomic E-state index is 0.361. The summed E-state index contributed by atoms with van der Waals surface area (Å²) in [5.41, 5.74) is 0.768. The third kappa shape index (κ3) is 4.04. The average molecular weight is 361 g/mol. The highest BCUT2D eigenvalue weighted by Crippen LogP contribution is 2.21. The van der Waals surface area contributed by atoms with Crippen LogP contribution < -0.4 is 4.72 Å². The van der Waals surface area contributed by atoms with Crippen LogP contribution in [-0.4, -0.2) is 40.0 Å². The number of hydrogen-bond donors (Lipinski definition) is 1. The molecule has 0 unspecified atom stereocenters. The van der Waals surface area contributed by atoms with Gasteiger partial charge in [0.1, 0.15) is 0 Å². The number of hydrogen-bond acceptors (Lipinski definition) is 3. The van der Waals surface area contributed by atoms with Gasteiger partial charge >= 0.3 is 0 Å². The molecule has 4 nitrogen and oxygen atoms in total. The summed E-state index contributed by atoms with van der Waals surface area (Å²) in [6.45, 7) is 4.43. The van der Waals surface area contributed by atoms with Crippen molar-refractivity contribution in [1.82, 2.24) is 9.62 Å². The van der Waals surface area contributed by atoms with Gasteiger partial charge in [0.2, 0.25) is 10.0 Å². The van der Waals surface area contributed by atoms with E-state index < -0.39 is 10.0 Å². The molecular weight excluding hydrogens is 340 g/mol. The van der Waals surface area contributed by atoms with E-state index in [1.54, 1.807) is 6.07 Å². The van der Waals surface area contributed by atoms with Crippen LogP contribution in [-0.2, 0) is 10.0 Å². The van der Waals surface area contributed by atoms with Gasteiger partial charge in [0.15, 0.2) is 0 Å². The predicted molar refractivity (Wildman–Crippen MR) is 84.3 cm³/mol. The van der Waals surface area contributed by atoms with E-state index in [1.165, 1.54) is 0 Å². The van der Waals surface area contributed by atoms with Crippen LogP contribution in [0.25, 0.3) is 0 Å². The van der Waals surface area contributed by atoms with E-state index in [9.17, 15) is 8.42 Å². The molecule has 20 heavy (non-hydrogen) atoms. The molecule has 1 saturated heterocycles. The lowest BCUT2D eigenvalue weighted by molar-refractivity contribution is 0.220. The monoisotopic (exact) mass is 360 g/mol. The highest BCUT2D eigenvalue weighted by Gasteiger charge is 2.21. The topological polar surface area (TPSA) is 49.4 Å². The van der Waals surface area contributed by atoms with Crippen molar-refractivity contribution in [2.24, 2.45) is 5.92 Å². The van der Waals surface area contributed by atoms with Gasteiger partial charge in [-0.3, -0.25) is 0 Å². The number of halogens is 1. The van der Waals surface area contributed by atoms with Crippen molar-refractivity contribution in [2.75, 3.05) is 26.7 Å². The molecule has 1 aromatic carbocycles. The van der Waals surface area contributed by atoms with Crippen LogP contribution in [0.2, 0.25) is 0 Å². The molecule has 1 aliphatic heterocycles. The highest BCUT2D eigenvalue weighted by atomic mass is 79.9. The van der Waals surface area contributed by atoms with Crippen LogP contribution >= 0.6 is 15.9 Å². The summed E-state index contributed by atoms with van der Waals surface area (Å²) in [6, 6.07) is 5.33. The zero-order valence-electron chi connectivity index (χ0n) is 11.9. The first-order chi connectivity index (χ1) is 9.38. The van der Waals surface area contributed by atoms with Crippen LogP contribution in [0.15, 0.2) is 27.6 Å². The van der Waals surface area contributed by atoms with E-state index in [4.69, 9.17) is 0 Å². The Balaban J connectivity index is 2.02. The first kappa shape index (κ1) is 15.9. The zero-order chi connectivity index (χ0) is 14.8. The number of rotatable bonds is 4. The highest BCUT2D eigenvalue weighted by molar-refractivity contribution is 9.10. The quantitative estimate of drug-likeness (QED) is 0.896. The molecule has 0 bridgehead atoms. The van der Waals surface area contributed by atoms with Crippen molar-refractivity contribution < 1.29 is 8.42 Å². The molecule has 0 aliphatic carbocycles. The Morgan fingerprint density at radius 3 is 2.65 bits per heavy atom. The van der Waals surface area contributed by atoms with Gasteiger partial charge in [0.05, 0.1) is 4.90 Å². The fraction of sp³-hybridized carbons (Fsp3) is 0.571. The summed E-state index contributed by atoms with van der Waals surface area (Å²) in [7, 11) is -1.32. The molecule has 6 heteroatoms. The number of nitrogens with one attached hydrogen (secondary N) is 1. The fourth-order valence-corrected chi connectivity index (χ4v) is 4.33. The fourth-order valence-electron chi connectivity index (χ4n) is 2.43. The molecule has 2 rings (SSSR count). The van der Waals surface area contributed by atoms with Gasteiger partial charge in [-0.2, -0.15) is 0 Å². The standard InChI is InChI=1S/C14H21BrN2O2S/c1-11-3-4-13(15)9-14(11)20(18,19)16-10-12-5-7-17(2)8-6-12/h3-4,9,12,16H,5-8,10H2,1-2H3.